The van der Waals surface area contributed by atoms with Crippen LogP contribution >= 0.6 is 0 Å². The maximum absolute atomic E-state index is 13.5. The number of nitrogens with zero attached hydrogens (tertiary/aromatic N) is 3. The number of fused-ring (bicyclic) bond motifs is 1. The maximum Gasteiger partial charge on any atom is 0.234 e. The lowest BCUT2D eigenvalue weighted by Gasteiger charge is -2.38. The van der Waals surface area contributed by atoms with E-state index in [2.05, 4.69) is 50.3 Å². The normalized spacial score (nSPS) is 21.6. The zero-order valence-electron chi connectivity index (χ0n) is 24.7. The molecule has 0 aliphatic carbocycles. The molecule has 2 saturated heterocycles. The fourth-order valence-corrected chi connectivity index (χ4v) is 6.55. The van der Waals surface area contributed by atoms with Crippen molar-refractivity contribution < 1.29 is 14.3 Å². The summed E-state index contributed by atoms with van der Waals surface area (Å²) >= 11 is 0. The Bertz CT molecular complexity index is 1120. The van der Waals surface area contributed by atoms with Gasteiger partial charge in [0.2, 0.25) is 11.8 Å². The summed E-state index contributed by atoms with van der Waals surface area (Å²) in [6, 6.07) is 17.1. The van der Waals surface area contributed by atoms with Gasteiger partial charge >= 0.3 is 0 Å². The van der Waals surface area contributed by atoms with Crippen LogP contribution in [0, 0.1) is 0 Å². The highest BCUT2D eigenvalue weighted by molar-refractivity contribution is 5.78. The molecule has 5 rings (SSSR count). The number of nitrogens with one attached hydrogen (secondary N) is 1. The van der Waals surface area contributed by atoms with Crippen molar-refractivity contribution in [1.82, 2.24) is 20.0 Å². The first-order chi connectivity index (χ1) is 20.1. The molecule has 2 fully saturated rings. The number of carbonyl (C=O) groups excluding carboxylic acids is 2. The van der Waals surface area contributed by atoms with Crippen LogP contribution in [0.1, 0.15) is 74.5 Å². The second-order valence-electron chi connectivity index (χ2n) is 12.1. The molecule has 0 aromatic heterocycles. The van der Waals surface area contributed by atoms with E-state index in [1.165, 1.54) is 37.9 Å². The fraction of sp³-hybridized carbons (Fsp3) is 0.588. The number of piperidine rings is 1. The third kappa shape index (κ3) is 9.04. The summed E-state index contributed by atoms with van der Waals surface area (Å²) in [7, 11) is 0. The van der Waals surface area contributed by atoms with E-state index >= 15 is 0 Å². The van der Waals surface area contributed by atoms with Crippen molar-refractivity contribution in [3.8, 4) is 5.75 Å². The summed E-state index contributed by atoms with van der Waals surface area (Å²) in [5.41, 5.74) is 3.42. The minimum Gasteiger partial charge on any atom is -0.493 e. The Labute approximate surface area is 246 Å². The molecule has 3 heterocycles. The van der Waals surface area contributed by atoms with Gasteiger partial charge < -0.3 is 19.9 Å². The fourth-order valence-electron chi connectivity index (χ4n) is 6.55. The van der Waals surface area contributed by atoms with Gasteiger partial charge in [-0.1, -0.05) is 42.5 Å². The van der Waals surface area contributed by atoms with Gasteiger partial charge in [-0.15, -0.1) is 0 Å². The Kier molecular flexibility index (Phi) is 11.1. The Morgan fingerprint density at radius 2 is 1.68 bits per heavy atom. The van der Waals surface area contributed by atoms with E-state index in [9.17, 15) is 9.59 Å². The van der Waals surface area contributed by atoms with Gasteiger partial charge in [-0.25, -0.2) is 0 Å². The average molecular weight is 561 g/mol. The second kappa shape index (κ2) is 15.4. The first kappa shape index (κ1) is 29.6. The summed E-state index contributed by atoms with van der Waals surface area (Å²) < 4.78 is 6.27. The molecular formula is C34H48N4O3. The number of hydrogen-bond donors (Lipinski definition) is 1. The molecule has 3 aliphatic heterocycles. The second-order valence-corrected chi connectivity index (χ2v) is 12.1. The number of benzene rings is 2. The predicted molar refractivity (Wildman–Crippen MR) is 163 cm³/mol. The zero-order chi connectivity index (χ0) is 28.3. The molecule has 2 aromatic rings. The van der Waals surface area contributed by atoms with Crippen LogP contribution in [0.25, 0.3) is 0 Å². The van der Waals surface area contributed by atoms with Gasteiger partial charge in [0.05, 0.1) is 13.2 Å². The molecule has 7 nitrogen and oxygen atoms in total. The summed E-state index contributed by atoms with van der Waals surface area (Å²) in [4.78, 5) is 33.2. The lowest BCUT2D eigenvalue weighted by Crippen LogP contribution is -2.49. The molecule has 3 aliphatic rings. The van der Waals surface area contributed by atoms with Gasteiger partial charge in [0.25, 0.3) is 0 Å². The molecule has 222 valence electrons. The molecule has 0 spiro atoms. The van der Waals surface area contributed by atoms with Crippen molar-refractivity contribution in [2.24, 2.45) is 0 Å². The lowest BCUT2D eigenvalue weighted by atomic mass is 9.99. The smallest absolute Gasteiger partial charge is 0.234 e. The highest BCUT2D eigenvalue weighted by Gasteiger charge is 2.29. The van der Waals surface area contributed by atoms with E-state index < -0.39 is 0 Å². The minimum absolute atomic E-state index is 0.0643. The largest absolute Gasteiger partial charge is 0.493 e. The van der Waals surface area contributed by atoms with Crippen LogP contribution in [-0.2, 0) is 29.1 Å². The monoisotopic (exact) mass is 560 g/mol. The first-order valence-electron chi connectivity index (χ1n) is 15.9. The molecule has 41 heavy (non-hydrogen) atoms. The molecule has 1 N–H and O–H groups in total. The SMILES string of the molecule is O=C1CN(Cc2ccccc2)Cc2cc(CCC(=O)N3CCCCC3CN3CCCC3)ccc2OCCCCCN1. The van der Waals surface area contributed by atoms with Crippen LogP contribution in [0.15, 0.2) is 48.5 Å². The minimum atomic E-state index is 0.0643. The van der Waals surface area contributed by atoms with E-state index in [0.29, 0.717) is 45.2 Å². The topological polar surface area (TPSA) is 65.1 Å². The van der Waals surface area contributed by atoms with Crippen molar-refractivity contribution >= 4 is 11.8 Å². The van der Waals surface area contributed by atoms with Crippen LogP contribution in [0.4, 0.5) is 0 Å². The summed E-state index contributed by atoms with van der Waals surface area (Å²) in [6.45, 7) is 7.30. The Morgan fingerprint density at radius 1 is 0.854 bits per heavy atom. The highest BCUT2D eigenvalue weighted by Crippen LogP contribution is 2.26. The number of rotatable bonds is 7. The van der Waals surface area contributed by atoms with Crippen LogP contribution < -0.4 is 10.1 Å². The van der Waals surface area contributed by atoms with Gasteiger partial charge in [-0.2, -0.15) is 0 Å². The van der Waals surface area contributed by atoms with E-state index in [4.69, 9.17) is 4.74 Å². The summed E-state index contributed by atoms with van der Waals surface area (Å²) in [6.07, 6.45) is 10.3. The Hall–Kier alpha value is -2.90. The molecule has 0 radical (unpaired) electrons. The molecule has 2 amide bonds. The summed E-state index contributed by atoms with van der Waals surface area (Å²) in [5.74, 6) is 1.24. The van der Waals surface area contributed by atoms with Gasteiger partial charge in [-0.05, 0) is 88.1 Å². The van der Waals surface area contributed by atoms with Crippen molar-refractivity contribution in [2.45, 2.75) is 83.3 Å². The Morgan fingerprint density at radius 3 is 2.54 bits per heavy atom. The van der Waals surface area contributed by atoms with Crippen LogP contribution in [0.5, 0.6) is 5.75 Å². The number of aryl methyl sites for hydroxylation is 1. The summed E-state index contributed by atoms with van der Waals surface area (Å²) in [5, 5.41) is 3.10. The van der Waals surface area contributed by atoms with Gasteiger partial charge in [-0.3, -0.25) is 14.5 Å². The standard InChI is InChI=1S/C34H48N4O3/c39-33-27-37(24-29-11-3-1-4-12-29)25-30-23-28(14-16-32(30)41-22-10-2-6-18-35-33)15-17-34(40)38-21-7-5-13-31(38)26-36-19-8-9-20-36/h1,3-4,11-12,14,16,23,31H,2,5-10,13,15,17-22,24-27H2,(H,35,39). The third-order valence-electron chi connectivity index (χ3n) is 8.78. The van der Waals surface area contributed by atoms with Crippen molar-refractivity contribution in [1.29, 1.82) is 0 Å². The molecule has 0 saturated carbocycles. The molecule has 7 heteroatoms. The van der Waals surface area contributed by atoms with Crippen LogP contribution in [0.2, 0.25) is 0 Å². The first-order valence-corrected chi connectivity index (χ1v) is 15.9. The number of ether oxygens (including phenoxy) is 1. The van der Waals surface area contributed by atoms with Crippen LogP contribution in [-0.4, -0.2) is 78.4 Å². The van der Waals surface area contributed by atoms with Crippen molar-refractivity contribution in [2.75, 3.05) is 45.9 Å². The average Bonchev–Trinajstić information content (AvgIpc) is 3.50. The number of likely N-dealkylation sites (tertiary alicyclic amines) is 2. The van der Waals surface area contributed by atoms with Gasteiger partial charge in [0.1, 0.15) is 5.75 Å². The maximum atomic E-state index is 13.5. The highest BCUT2D eigenvalue weighted by atomic mass is 16.5. The Balaban J connectivity index is 1.28. The molecule has 2 aromatic carbocycles. The van der Waals surface area contributed by atoms with E-state index in [1.54, 1.807) is 0 Å². The zero-order valence-corrected chi connectivity index (χ0v) is 24.7. The molecule has 1 atom stereocenters. The third-order valence-corrected chi connectivity index (χ3v) is 8.78. The molecular weight excluding hydrogens is 512 g/mol. The van der Waals surface area contributed by atoms with E-state index in [-0.39, 0.29) is 11.8 Å². The number of carbonyl (C=O) groups is 2. The molecule has 1 unspecified atom stereocenters. The number of hydrogen-bond acceptors (Lipinski definition) is 5. The predicted octanol–water partition coefficient (Wildman–Crippen LogP) is 4.78. The van der Waals surface area contributed by atoms with Crippen LogP contribution in [0.3, 0.4) is 0 Å². The van der Waals surface area contributed by atoms with Crippen molar-refractivity contribution in [3.05, 3.63) is 65.2 Å². The van der Waals surface area contributed by atoms with Crippen molar-refractivity contribution in [3.63, 3.8) is 0 Å². The van der Waals surface area contributed by atoms with E-state index in [0.717, 1.165) is 68.5 Å². The van der Waals surface area contributed by atoms with E-state index in [1.807, 2.05) is 18.2 Å². The van der Waals surface area contributed by atoms with Gasteiger partial charge in [0.15, 0.2) is 0 Å². The quantitative estimate of drug-likeness (QED) is 0.528. The number of amides is 2. The molecule has 0 bridgehead atoms. The lowest BCUT2D eigenvalue weighted by molar-refractivity contribution is -0.135. The van der Waals surface area contributed by atoms with Gasteiger partial charge in [0, 0.05) is 50.7 Å².